The Labute approximate surface area is 120 Å². The molecule has 1 aliphatic carbocycles. The molecular formula is C15H21NO3S. The molecule has 2 fully saturated rings. The van der Waals surface area contributed by atoms with Gasteiger partial charge in [-0.05, 0) is 24.3 Å². The number of hydrogen-bond donors (Lipinski definition) is 0. The Morgan fingerprint density at radius 1 is 1.20 bits per heavy atom. The monoisotopic (exact) mass is 295 g/mol. The van der Waals surface area contributed by atoms with Gasteiger partial charge in [-0.25, -0.2) is 0 Å². The van der Waals surface area contributed by atoms with Crippen LogP contribution in [0.15, 0.2) is 30.3 Å². The molecule has 0 N–H and O–H groups in total. The highest BCUT2D eigenvalue weighted by Crippen LogP contribution is 2.40. The van der Waals surface area contributed by atoms with Crippen LogP contribution in [0.1, 0.15) is 18.4 Å². The maximum atomic E-state index is 11.3. The molecule has 5 heteroatoms. The van der Waals surface area contributed by atoms with E-state index in [4.69, 9.17) is 4.18 Å². The third kappa shape index (κ3) is 3.22. The van der Waals surface area contributed by atoms with E-state index in [2.05, 4.69) is 29.2 Å². The Morgan fingerprint density at radius 2 is 1.95 bits per heavy atom. The lowest BCUT2D eigenvalue weighted by Gasteiger charge is -2.20. The van der Waals surface area contributed by atoms with Crippen molar-refractivity contribution in [3.05, 3.63) is 35.9 Å². The summed E-state index contributed by atoms with van der Waals surface area (Å²) in [6.07, 6.45) is 2.99. The largest absolute Gasteiger partial charge is 0.298 e. The molecule has 20 heavy (non-hydrogen) atoms. The van der Waals surface area contributed by atoms with Gasteiger partial charge < -0.3 is 0 Å². The fourth-order valence-electron chi connectivity index (χ4n) is 3.62. The maximum absolute atomic E-state index is 11.3. The quantitative estimate of drug-likeness (QED) is 0.796. The molecular weight excluding hydrogens is 274 g/mol. The summed E-state index contributed by atoms with van der Waals surface area (Å²) < 4.78 is 27.9. The van der Waals surface area contributed by atoms with Gasteiger partial charge in [0.2, 0.25) is 0 Å². The first kappa shape index (κ1) is 14.0. The Balaban J connectivity index is 1.62. The van der Waals surface area contributed by atoms with Crippen LogP contribution >= 0.6 is 0 Å². The van der Waals surface area contributed by atoms with Crippen LogP contribution in [0.25, 0.3) is 0 Å². The minimum Gasteiger partial charge on any atom is -0.298 e. The summed E-state index contributed by atoms with van der Waals surface area (Å²) >= 11 is 0. The number of hydrogen-bond acceptors (Lipinski definition) is 4. The smallest absolute Gasteiger partial charge is 0.264 e. The molecule has 1 aromatic rings. The summed E-state index contributed by atoms with van der Waals surface area (Å²) in [5, 5.41) is 0. The molecule has 2 aliphatic rings. The standard InChI is InChI=1S/C15H21NO3S/c1-20(17,18)19-15-8-7-13-10-16(11-14(13)15)9-12-5-3-2-4-6-12/h2-6,13-15H,7-11H2,1H3/t13?,14-,15?/m1/s1. The average molecular weight is 295 g/mol. The molecule has 0 amide bonds. The second kappa shape index (κ2) is 5.47. The van der Waals surface area contributed by atoms with E-state index in [0.717, 1.165) is 38.7 Å². The van der Waals surface area contributed by atoms with E-state index in [1.807, 2.05) is 6.07 Å². The summed E-state index contributed by atoms with van der Waals surface area (Å²) in [6.45, 7) is 2.95. The van der Waals surface area contributed by atoms with E-state index in [1.165, 1.54) is 5.56 Å². The molecule has 3 rings (SSSR count). The van der Waals surface area contributed by atoms with Crippen LogP contribution < -0.4 is 0 Å². The van der Waals surface area contributed by atoms with Gasteiger partial charge in [0.25, 0.3) is 10.1 Å². The van der Waals surface area contributed by atoms with Gasteiger partial charge in [-0.1, -0.05) is 30.3 Å². The normalized spacial score (nSPS) is 30.6. The maximum Gasteiger partial charge on any atom is 0.264 e. The molecule has 110 valence electrons. The third-order valence-corrected chi connectivity index (χ3v) is 5.01. The third-order valence-electron chi connectivity index (χ3n) is 4.41. The van der Waals surface area contributed by atoms with Crippen LogP contribution in [0.2, 0.25) is 0 Å². The van der Waals surface area contributed by atoms with Gasteiger partial charge >= 0.3 is 0 Å². The molecule has 0 bridgehead atoms. The van der Waals surface area contributed by atoms with Crippen LogP contribution in [0.4, 0.5) is 0 Å². The zero-order valence-electron chi connectivity index (χ0n) is 11.7. The SMILES string of the molecule is CS(=O)(=O)OC1CCC2CN(Cc3ccccc3)C[C@H]21. The fraction of sp³-hybridized carbons (Fsp3) is 0.600. The van der Waals surface area contributed by atoms with Crippen molar-refractivity contribution in [1.82, 2.24) is 4.90 Å². The number of benzene rings is 1. The molecule has 4 nitrogen and oxygen atoms in total. The van der Waals surface area contributed by atoms with Gasteiger partial charge in [-0.15, -0.1) is 0 Å². The Morgan fingerprint density at radius 3 is 2.65 bits per heavy atom. The van der Waals surface area contributed by atoms with Gasteiger partial charge in [-0.3, -0.25) is 9.08 Å². The Bertz CT molecular complexity index is 558. The van der Waals surface area contributed by atoms with Crippen molar-refractivity contribution in [3.63, 3.8) is 0 Å². The second-order valence-electron chi connectivity index (χ2n) is 6.02. The summed E-state index contributed by atoms with van der Waals surface area (Å²) in [4.78, 5) is 2.42. The lowest BCUT2D eigenvalue weighted by molar-refractivity contribution is 0.156. The highest BCUT2D eigenvalue weighted by atomic mass is 32.2. The Kier molecular flexibility index (Phi) is 3.84. The van der Waals surface area contributed by atoms with Crippen molar-refractivity contribution in [2.75, 3.05) is 19.3 Å². The highest BCUT2D eigenvalue weighted by molar-refractivity contribution is 7.86. The molecule has 0 radical (unpaired) electrons. The molecule has 1 aromatic carbocycles. The van der Waals surface area contributed by atoms with Gasteiger partial charge in [0.05, 0.1) is 12.4 Å². The van der Waals surface area contributed by atoms with Crippen LogP contribution in [0, 0.1) is 11.8 Å². The van der Waals surface area contributed by atoms with Gasteiger partial charge in [0, 0.05) is 25.6 Å². The first-order chi connectivity index (χ1) is 9.51. The van der Waals surface area contributed by atoms with Crippen LogP contribution in [-0.2, 0) is 20.8 Å². The molecule has 3 atom stereocenters. The second-order valence-corrected chi connectivity index (χ2v) is 7.62. The van der Waals surface area contributed by atoms with Gasteiger partial charge in [-0.2, -0.15) is 8.42 Å². The number of nitrogens with zero attached hydrogens (tertiary/aromatic N) is 1. The average Bonchev–Trinajstić information content (AvgIpc) is 2.91. The molecule has 1 heterocycles. The summed E-state index contributed by atoms with van der Waals surface area (Å²) in [6, 6.07) is 10.4. The number of likely N-dealkylation sites (tertiary alicyclic amines) is 1. The first-order valence-corrected chi connectivity index (χ1v) is 8.97. The van der Waals surface area contributed by atoms with Crippen LogP contribution in [0.5, 0.6) is 0 Å². The molecule has 1 saturated heterocycles. The van der Waals surface area contributed by atoms with E-state index in [0.29, 0.717) is 11.8 Å². The van der Waals surface area contributed by atoms with Gasteiger partial charge in [0.1, 0.15) is 0 Å². The van der Waals surface area contributed by atoms with Crippen molar-refractivity contribution in [2.24, 2.45) is 11.8 Å². The zero-order chi connectivity index (χ0) is 14.2. The first-order valence-electron chi connectivity index (χ1n) is 7.16. The topological polar surface area (TPSA) is 46.6 Å². The van der Waals surface area contributed by atoms with Crippen molar-refractivity contribution >= 4 is 10.1 Å². The highest BCUT2D eigenvalue weighted by Gasteiger charge is 2.44. The summed E-state index contributed by atoms with van der Waals surface area (Å²) in [5.74, 6) is 0.957. The minimum atomic E-state index is -3.34. The lowest BCUT2D eigenvalue weighted by atomic mass is 10.00. The number of fused-ring (bicyclic) bond motifs is 1. The lowest BCUT2D eigenvalue weighted by Crippen LogP contribution is -2.27. The molecule has 2 unspecified atom stereocenters. The van der Waals surface area contributed by atoms with E-state index in [1.54, 1.807) is 0 Å². The van der Waals surface area contributed by atoms with Crippen molar-refractivity contribution in [1.29, 1.82) is 0 Å². The van der Waals surface area contributed by atoms with Crippen molar-refractivity contribution < 1.29 is 12.6 Å². The summed E-state index contributed by atoms with van der Waals surface area (Å²) in [5.41, 5.74) is 1.31. The summed E-state index contributed by atoms with van der Waals surface area (Å²) in [7, 11) is -3.34. The predicted octanol–water partition coefficient (Wildman–Crippen LogP) is 1.87. The molecule has 1 aliphatic heterocycles. The predicted molar refractivity (Wildman–Crippen MR) is 77.6 cm³/mol. The number of rotatable bonds is 4. The minimum absolute atomic E-state index is 0.115. The Hall–Kier alpha value is -0.910. The molecule has 1 saturated carbocycles. The van der Waals surface area contributed by atoms with E-state index >= 15 is 0 Å². The van der Waals surface area contributed by atoms with Crippen molar-refractivity contribution in [2.45, 2.75) is 25.5 Å². The van der Waals surface area contributed by atoms with Crippen LogP contribution in [-0.4, -0.2) is 38.8 Å². The fourth-order valence-corrected chi connectivity index (χ4v) is 4.31. The van der Waals surface area contributed by atoms with E-state index < -0.39 is 10.1 Å². The van der Waals surface area contributed by atoms with Gasteiger partial charge in [0.15, 0.2) is 0 Å². The van der Waals surface area contributed by atoms with Crippen LogP contribution in [0.3, 0.4) is 0 Å². The zero-order valence-corrected chi connectivity index (χ0v) is 12.6. The molecule has 0 aromatic heterocycles. The van der Waals surface area contributed by atoms with E-state index in [9.17, 15) is 8.42 Å². The van der Waals surface area contributed by atoms with Crippen molar-refractivity contribution in [3.8, 4) is 0 Å². The van der Waals surface area contributed by atoms with E-state index in [-0.39, 0.29) is 6.10 Å². The molecule has 0 spiro atoms.